The Kier molecular flexibility index (Phi) is 4.33. The number of carbonyl (C=O) groups is 2. The number of hydrogen-bond acceptors (Lipinski definition) is 8. The molecule has 146 valence electrons. The van der Waals surface area contributed by atoms with E-state index in [-0.39, 0.29) is 16.7 Å². The second-order valence-corrected chi connectivity index (χ2v) is 6.81. The summed E-state index contributed by atoms with van der Waals surface area (Å²) in [6.45, 7) is 0. The van der Waals surface area contributed by atoms with Gasteiger partial charge in [0.25, 0.3) is 0 Å². The first kappa shape index (κ1) is 15.7. The smallest absolute Gasteiger partial charge is 0.337 e. The van der Waals surface area contributed by atoms with Crippen LogP contribution in [-0.2, 0) is 34.3 Å². The van der Waals surface area contributed by atoms with E-state index in [9.17, 15) is 18.0 Å². The molecule has 1 heterocycles. The second kappa shape index (κ2) is 7.73. The molecule has 1 unspecified atom stereocenters. The Labute approximate surface area is 165 Å². The molecule has 0 fully saturated rings. The van der Waals surface area contributed by atoms with Gasteiger partial charge < -0.3 is 19.4 Å². The van der Waals surface area contributed by atoms with Gasteiger partial charge in [-0.25, -0.2) is 4.79 Å². The first-order valence-electron chi connectivity index (χ1n) is 9.36. The van der Waals surface area contributed by atoms with Crippen LogP contribution in [0.5, 0.6) is 0 Å². The largest absolute Gasteiger partial charge is 0.465 e. The summed E-state index contributed by atoms with van der Waals surface area (Å²) < 4.78 is 63.9. The van der Waals surface area contributed by atoms with Gasteiger partial charge in [-0.15, -0.1) is 0 Å². The molecule has 0 aliphatic carbocycles. The third-order valence-electron chi connectivity index (χ3n) is 3.63. The van der Waals surface area contributed by atoms with Crippen LogP contribution < -0.4 is 5.73 Å². The SMILES string of the molecule is [2H]C1(c2ccc(C(=O)OC)cc2)OC(N)=C(OS(=O)(=O)C([2H])([2H])c2ccccc2)C1=O. The number of nitrogens with two attached hydrogens (primary N) is 1. The number of esters is 1. The van der Waals surface area contributed by atoms with Crippen LogP contribution in [0.3, 0.4) is 0 Å². The van der Waals surface area contributed by atoms with Crippen molar-refractivity contribution in [2.75, 3.05) is 7.11 Å². The highest BCUT2D eigenvalue weighted by molar-refractivity contribution is 7.86. The van der Waals surface area contributed by atoms with E-state index in [4.69, 9.17) is 18.8 Å². The van der Waals surface area contributed by atoms with Gasteiger partial charge in [-0.2, -0.15) is 8.42 Å². The number of Topliss-reactive ketones (excluding diaryl/α,β-unsaturated/α-hetero) is 1. The van der Waals surface area contributed by atoms with Crippen molar-refractivity contribution in [2.45, 2.75) is 11.8 Å². The third kappa shape index (κ3) is 4.15. The van der Waals surface area contributed by atoms with E-state index in [0.29, 0.717) is 0 Å². The van der Waals surface area contributed by atoms with Gasteiger partial charge in [-0.05, 0) is 17.7 Å². The van der Waals surface area contributed by atoms with E-state index in [2.05, 4.69) is 4.74 Å². The van der Waals surface area contributed by atoms with E-state index in [1.165, 1.54) is 55.6 Å². The van der Waals surface area contributed by atoms with Crippen LogP contribution in [0.2, 0.25) is 0 Å². The number of ketones is 1. The minimum atomic E-state index is -5.07. The van der Waals surface area contributed by atoms with E-state index in [1.54, 1.807) is 6.07 Å². The van der Waals surface area contributed by atoms with Gasteiger partial charge in [0, 0.05) is 5.56 Å². The van der Waals surface area contributed by atoms with Crippen molar-refractivity contribution < 1.29 is 35.8 Å². The minimum absolute atomic E-state index is 0.0600. The fourth-order valence-corrected chi connectivity index (χ4v) is 3.19. The van der Waals surface area contributed by atoms with Crippen molar-refractivity contribution in [1.29, 1.82) is 0 Å². The van der Waals surface area contributed by atoms with Crippen LogP contribution in [0.4, 0.5) is 0 Å². The molecule has 0 aromatic heterocycles. The van der Waals surface area contributed by atoms with E-state index in [0.717, 1.165) is 0 Å². The van der Waals surface area contributed by atoms with Crippen LogP contribution in [0.15, 0.2) is 66.2 Å². The normalized spacial score (nSPS) is 21.3. The van der Waals surface area contributed by atoms with Crippen molar-refractivity contribution in [3.8, 4) is 0 Å². The molecule has 28 heavy (non-hydrogen) atoms. The summed E-state index contributed by atoms with van der Waals surface area (Å²) in [6, 6.07) is 12.0. The van der Waals surface area contributed by atoms with Crippen molar-refractivity contribution >= 4 is 21.9 Å². The summed E-state index contributed by atoms with van der Waals surface area (Å²) in [5.74, 6) is -3.68. The molecule has 0 saturated carbocycles. The first-order chi connectivity index (χ1) is 14.4. The average molecular weight is 406 g/mol. The monoisotopic (exact) mass is 406 g/mol. The highest BCUT2D eigenvalue weighted by atomic mass is 32.2. The zero-order valence-corrected chi connectivity index (χ0v) is 15.4. The molecular weight excluding hydrogens is 386 g/mol. The van der Waals surface area contributed by atoms with Gasteiger partial charge in [0.15, 0.2) is 6.08 Å². The topological polar surface area (TPSA) is 122 Å². The van der Waals surface area contributed by atoms with Gasteiger partial charge >= 0.3 is 16.1 Å². The molecule has 2 aromatic rings. The Balaban J connectivity index is 1.90. The Hall–Kier alpha value is -3.33. The Morgan fingerprint density at radius 3 is 2.46 bits per heavy atom. The molecule has 0 bridgehead atoms. The molecule has 9 heteroatoms. The van der Waals surface area contributed by atoms with Gasteiger partial charge in [0.1, 0.15) is 5.70 Å². The highest BCUT2D eigenvalue weighted by Gasteiger charge is 2.39. The van der Waals surface area contributed by atoms with E-state index >= 15 is 0 Å². The Morgan fingerprint density at radius 1 is 1.21 bits per heavy atom. The lowest BCUT2D eigenvalue weighted by atomic mass is 10.0. The summed E-state index contributed by atoms with van der Waals surface area (Å²) in [7, 11) is -3.88. The number of hydrogen-bond donors (Lipinski definition) is 1. The number of carbonyl (C=O) groups excluding carboxylic acids is 2. The maximum absolute atomic E-state index is 12.8. The standard InChI is InChI=1S/C19H17NO7S/c1-25-19(22)14-9-7-13(8-10-14)16-15(21)17(18(20)26-16)27-28(23,24)11-12-5-3-2-4-6-12/h2-10,16H,11,20H2,1H3/i11D2,16D. The summed E-state index contributed by atoms with van der Waals surface area (Å²) in [6.07, 6.45) is -2.48. The summed E-state index contributed by atoms with van der Waals surface area (Å²) >= 11 is 0. The fourth-order valence-electron chi connectivity index (χ4n) is 2.34. The Morgan fingerprint density at radius 2 is 1.86 bits per heavy atom. The molecule has 3 rings (SSSR count). The summed E-state index contributed by atoms with van der Waals surface area (Å²) in [5.41, 5.74) is 2.45. The zero-order valence-electron chi connectivity index (χ0n) is 17.5. The molecule has 0 saturated heterocycles. The van der Waals surface area contributed by atoms with Crippen molar-refractivity contribution in [3.05, 3.63) is 82.9 Å². The van der Waals surface area contributed by atoms with Crippen molar-refractivity contribution in [1.82, 2.24) is 0 Å². The number of rotatable bonds is 6. The summed E-state index contributed by atoms with van der Waals surface area (Å²) in [4.78, 5) is 24.3. The second-order valence-electron chi connectivity index (χ2n) is 5.53. The van der Waals surface area contributed by atoms with E-state index in [1.807, 2.05) is 0 Å². The van der Waals surface area contributed by atoms with Crippen LogP contribution in [0.25, 0.3) is 0 Å². The van der Waals surface area contributed by atoms with Gasteiger partial charge in [0.2, 0.25) is 17.4 Å². The molecule has 2 N–H and O–H groups in total. The maximum atomic E-state index is 12.8. The predicted molar refractivity (Wildman–Crippen MR) is 98.0 cm³/mol. The molecule has 8 nitrogen and oxygen atoms in total. The predicted octanol–water partition coefficient (Wildman–Crippen LogP) is 1.79. The van der Waals surface area contributed by atoms with Crippen LogP contribution in [-0.4, -0.2) is 27.3 Å². The average Bonchev–Trinajstić information content (AvgIpc) is 2.97. The van der Waals surface area contributed by atoms with Gasteiger partial charge in [0.05, 0.1) is 16.8 Å². The molecule has 0 amide bonds. The zero-order chi connectivity index (χ0) is 23.0. The third-order valence-corrected chi connectivity index (χ3v) is 4.50. The lowest BCUT2D eigenvalue weighted by Crippen LogP contribution is -2.16. The van der Waals surface area contributed by atoms with Crippen molar-refractivity contribution in [2.24, 2.45) is 5.73 Å². The molecule has 0 radical (unpaired) electrons. The lowest BCUT2D eigenvalue weighted by molar-refractivity contribution is -0.123. The molecular formula is C19H17NO7S. The molecule has 1 aliphatic rings. The first-order valence-corrected chi connectivity index (χ1v) is 9.27. The molecule has 2 aromatic carbocycles. The molecule has 1 atom stereocenters. The highest BCUT2D eigenvalue weighted by Crippen LogP contribution is 2.32. The van der Waals surface area contributed by atoms with Crippen LogP contribution >= 0.6 is 0 Å². The van der Waals surface area contributed by atoms with Crippen LogP contribution in [0.1, 0.15) is 31.7 Å². The Bertz CT molecular complexity index is 1160. The number of methoxy groups -OCH3 is 1. The van der Waals surface area contributed by atoms with Gasteiger partial charge in [-0.1, -0.05) is 42.5 Å². The number of benzene rings is 2. The number of ether oxygens (including phenoxy) is 2. The van der Waals surface area contributed by atoms with E-state index < -0.39 is 45.3 Å². The van der Waals surface area contributed by atoms with Crippen molar-refractivity contribution in [3.63, 3.8) is 0 Å². The molecule has 1 aliphatic heterocycles. The lowest BCUT2D eigenvalue weighted by Gasteiger charge is -2.10. The fraction of sp³-hybridized carbons (Fsp3) is 0.158. The summed E-state index contributed by atoms with van der Waals surface area (Å²) in [5, 5.41) is 0. The van der Waals surface area contributed by atoms with Crippen LogP contribution in [0, 0.1) is 0 Å². The quantitative estimate of drug-likeness (QED) is 0.569. The minimum Gasteiger partial charge on any atom is -0.465 e. The molecule has 0 spiro atoms. The maximum Gasteiger partial charge on any atom is 0.337 e. The van der Waals surface area contributed by atoms with Gasteiger partial charge in [-0.3, -0.25) is 4.79 Å².